The van der Waals surface area contributed by atoms with Crippen molar-refractivity contribution in [1.82, 2.24) is 9.80 Å². The van der Waals surface area contributed by atoms with Crippen LogP contribution in [0.25, 0.3) is 0 Å². The molecule has 64 valence electrons. The van der Waals surface area contributed by atoms with Gasteiger partial charge in [-0.25, -0.2) is 0 Å². The minimum Gasteiger partial charge on any atom is -0.360 e. The predicted molar refractivity (Wildman–Crippen MR) is 48.3 cm³/mol. The molecule has 1 rings (SSSR count). The largest absolute Gasteiger partial charge is 0.360 e. The third-order valence-electron chi connectivity index (χ3n) is 2.41. The van der Waals surface area contributed by atoms with Gasteiger partial charge >= 0.3 is 0 Å². The van der Waals surface area contributed by atoms with Crippen molar-refractivity contribution in [2.45, 2.75) is 20.3 Å². The third-order valence-corrected chi connectivity index (χ3v) is 2.41. The maximum absolute atomic E-state index is 2.33. The Morgan fingerprint density at radius 3 is 2.09 bits per heavy atom. The SMILES string of the molecule is CCC(C)=C1N(C)CCN1C. The van der Waals surface area contributed by atoms with Crippen molar-refractivity contribution in [2.75, 3.05) is 27.2 Å². The second-order valence-electron chi connectivity index (χ2n) is 3.30. The van der Waals surface area contributed by atoms with Crippen molar-refractivity contribution < 1.29 is 0 Å². The number of allylic oxidation sites excluding steroid dienone is 1. The fourth-order valence-electron chi connectivity index (χ4n) is 1.61. The molecule has 0 aliphatic carbocycles. The minimum atomic E-state index is 1.16. The van der Waals surface area contributed by atoms with Crippen LogP contribution >= 0.6 is 0 Å². The van der Waals surface area contributed by atoms with E-state index in [9.17, 15) is 0 Å². The first kappa shape index (κ1) is 8.44. The Balaban J connectivity index is 2.83. The lowest BCUT2D eigenvalue weighted by molar-refractivity contribution is 0.412. The van der Waals surface area contributed by atoms with E-state index in [1.54, 1.807) is 0 Å². The Morgan fingerprint density at radius 2 is 1.73 bits per heavy atom. The smallest absolute Gasteiger partial charge is 0.102 e. The first-order valence-corrected chi connectivity index (χ1v) is 4.28. The number of likely N-dealkylation sites (N-methyl/N-ethyl adjacent to an activating group) is 2. The van der Waals surface area contributed by atoms with E-state index >= 15 is 0 Å². The zero-order valence-electron chi connectivity index (χ0n) is 8.02. The van der Waals surface area contributed by atoms with Crippen LogP contribution in [0.5, 0.6) is 0 Å². The molecule has 11 heavy (non-hydrogen) atoms. The summed E-state index contributed by atoms with van der Waals surface area (Å²) in [6.45, 7) is 6.77. The van der Waals surface area contributed by atoms with Gasteiger partial charge in [0.05, 0.1) is 0 Å². The summed E-state index contributed by atoms with van der Waals surface area (Å²) in [4.78, 5) is 4.66. The van der Waals surface area contributed by atoms with E-state index in [1.807, 2.05) is 0 Å². The lowest BCUT2D eigenvalue weighted by Crippen LogP contribution is -2.18. The molecular weight excluding hydrogens is 136 g/mol. The van der Waals surface area contributed by atoms with Crippen LogP contribution in [0, 0.1) is 0 Å². The van der Waals surface area contributed by atoms with Gasteiger partial charge in [0, 0.05) is 27.2 Å². The topological polar surface area (TPSA) is 6.48 Å². The van der Waals surface area contributed by atoms with E-state index in [-0.39, 0.29) is 0 Å². The molecule has 0 spiro atoms. The Kier molecular flexibility index (Phi) is 2.42. The average molecular weight is 154 g/mol. The van der Waals surface area contributed by atoms with E-state index in [1.165, 1.54) is 24.5 Å². The third kappa shape index (κ3) is 1.50. The summed E-state index contributed by atoms with van der Waals surface area (Å²) in [5.41, 5.74) is 1.49. The highest BCUT2D eigenvalue weighted by molar-refractivity contribution is 5.12. The van der Waals surface area contributed by atoms with Crippen LogP contribution in [0.4, 0.5) is 0 Å². The molecule has 1 aliphatic rings. The van der Waals surface area contributed by atoms with E-state index in [4.69, 9.17) is 0 Å². The molecule has 0 saturated carbocycles. The minimum absolute atomic E-state index is 1.16. The Labute approximate surface area is 69.5 Å². The molecule has 1 aliphatic heterocycles. The number of rotatable bonds is 1. The van der Waals surface area contributed by atoms with E-state index in [0.717, 1.165) is 6.42 Å². The van der Waals surface area contributed by atoms with E-state index < -0.39 is 0 Å². The maximum atomic E-state index is 2.33. The summed E-state index contributed by atoms with van der Waals surface area (Å²) in [5.74, 6) is 1.42. The quantitative estimate of drug-likeness (QED) is 0.565. The monoisotopic (exact) mass is 154 g/mol. The van der Waals surface area contributed by atoms with Gasteiger partial charge in [0.25, 0.3) is 0 Å². The number of hydrogen-bond donors (Lipinski definition) is 0. The van der Waals surface area contributed by atoms with Crippen molar-refractivity contribution in [1.29, 1.82) is 0 Å². The lowest BCUT2D eigenvalue weighted by atomic mass is 10.2. The Bertz CT molecular complexity index is 160. The fraction of sp³-hybridized carbons (Fsp3) is 0.778. The molecule has 0 aromatic rings. The standard InChI is InChI=1S/C9H18N2/c1-5-8(2)9-10(3)6-7-11(9)4/h5-7H2,1-4H3. The molecule has 0 aromatic carbocycles. The molecule has 0 aromatic heterocycles. The summed E-state index contributed by atoms with van der Waals surface area (Å²) in [7, 11) is 4.33. The van der Waals surface area contributed by atoms with Gasteiger partial charge in [-0.05, 0) is 18.9 Å². The van der Waals surface area contributed by atoms with Gasteiger partial charge in [0.2, 0.25) is 0 Å². The van der Waals surface area contributed by atoms with Crippen molar-refractivity contribution in [2.24, 2.45) is 0 Å². The van der Waals surface area contributed by atoms with Gasteiger partial charge in [0.15, 0.2) is 0 Å². The average Bonchev–Trinajstić information content (AvgIpc) is 2.30. The molecule has 0 unspecified atom stereocenters. The highest BCUT2D eigenvalue weighted by atomic mass is 15.4. The second kappa shape index (κ2) is 3.16. The van der Waals surface area contributed by atoms with Crippen LogP contribution in [0.1, 0.15) is 20.3 Å². The molecule has 0 amide bonds. The van der Waals surface area contributed by atoms with Gasteiger partial charge in [-0.15, -0.1) is 0 Å². The second-order valence-corrected chi connectivity index (χ2v) is 3.30. The molecule has 0 bridgehead atoms. The Hall–Kier alpha value is -0.660. The zero-order valence-corrected chi connectivity index (χ0v) is 8.02. The van der Waals surface area contributed by atoms with E-state index in [0.29, 0.717) is 0 Å². The number of nitrogens with zero attached hydrogens (tertiary/aromatic N) is 2. The first-order valence-electron chi connectivity index (χ1n) is 4.28. The highest BCUT2D eigenvalue weighted by Gasteiger charge is 2.19. The van der Waals surface area contributed by atoms with Gasteiger partial charge in [-0.3, -0.25) is 0 Å². The first-order chi connectivity index (χ1) is 5.16. The summed E-state index contributed by atoms with van der Waals surface area (Å²) in [5, 5.41) is 0. The molecule has 0 radical (unpaired) electrons. The summed E-state index contributed by atoms with van der Waals surface area (Å²) < 4.78 is 0. The van der Waals surface area contributed by atoms with Crippen LogP contribution < -0.4 is 0 Å². The van der Waals surface area contributed by atoms with Crippen LogP contribution in [0.2, 0.25) is 0 Å². The van der Waals surface area contributed by atoms with Crippen molar-refractivity contribution in [3.05, 3.63) is 11.4 Å². The summed E-state index contributed by atoms with van der Waals surface area (Å²) in [6.07, 6.45) is 1.16. The van der Waals surface area contributed by atoms with Crippen LogP contribution in [0.15, 0.2) is 11.4 Å². The molecule has 1 saturated heterocycles. The van der Waals surface area contributed by atoms with E-state index in [2.05, 4.69) is 37.7 Å². The van der Waals surface area contributed by atoms with Gasteiger partial charge in [-0.1, -0.05) is 6.92 Å². The van der Waals surface area contributed by atoms with Gasteiger partial charge in [-0.2, -0.15) is 0 Å². The van der Waals surface area contributed by atoms with Crippen LogP contribution in [-0.2, 0) is 0 Å². The highest BCUT2D eigenvalue weighted by Crippen LogP contribution is 2.19. The van der Waals surface area contributed by atoms with Gasteiger partial charge < -0.3 is 9.80 Å². The molecule has 1 fully saturated rings. The van der Waals surface area contributed by atoms with Crippen molar-refractivity contribution in [3.63, 3.8) is 0 Å². The van der Waals surface area contributed by atoms with Crippen molar-refractivity contribution in [3.8, 4) is 0 Å². The predicted octanol–water partition coefficient (Wildman–Crippen LogP) is 1.51. The molecule has 0 atom stereocenters. The number of hydrogen-bond acceptors (Lipinski definition) is 2. The fourth-order valence-corrected chi connectivity index (χ4v) is 1.61. The zero-order chi connectivity index (χ0) is 8.43. The van der Waals surface area contributed by atoms with Crippen molar-refractivity contribution >= 4 is 0 Å². The molecule has 2 nitrogen and oxygen atoms in total. The molecule has 1 heterocycles. The Morgan fingerprint density at radius 1 is 1.27 bits per heavy atom. The molecular formula is C9H18N2. The maximum Gasteiger partial charge on any atom is 0.102 e. The molecule has 0 N–H and O–H groups in total. The molecule has 2 heteroatoms. The van der Waals surface area contributed by atoms with Crippen LogP contribution in [-0.4, -0.2) is 37.0 Å². The summed E-state index contributed by atoms with van der Waals surface area (Å²) >= 11 is 0. The summed E-state index contributed by atoms with van der Waals surface area (Å²) in [6, 6.07) is 0. The lowest BCUT2D eigenvalue weighted by Gasteiger charge is -2.20. The van der Waals surface area contributed by atoms with Crippen LogP contribution in [0.3, 0.4) is 0 Å². The van der Waals surface area contributed by atoms with Gasteiger partial charge in [0.1, 0.15) is 5.82 Å². The normalized spacial score (nSPS) is 18.0.